The second-order valence-electron chi connectivity index (χ2n) is 6.09. The molecule has 0 aromatic heterocycles. The van der Waals surface area contributed by atoms with E-state index in [1.807, 2.05) is 6.92 Å². The molecule has 5 nitrogen and oxygen atoms in total. The summed E-state index contributed by atoms with van der Waals surface area (Å²) in [5, 5.41) is 6.75. The molecule has 0 radical (unpaired) electrons. The molecule has 1 unspecified atom stereocenters. The molecule has 134 valence electrons. The van der Waals surface area contributed by atoms with Crippen molar-refractivity contribution in [2.24, 2.45) is 5.92 Å². The number of hydrogen-bond acceptors (Lipinski definition) is 4. The van der Waals surface area contributed by atoms with Gasteiger partial charge in [0.15, 0.2) is 11.5 Å². The summed E-state index contributed by atoms with van der Waals surface area (Å²) in [5.74, 6) is 1.48. The smallest absolute Gasteiger partial charge is 0.251 e. The number of amides is 1. The van der Waals surface area contributed by atoms with Gasteiger partial charge < -0.3 is 20.1 Å². The van der Waals surface area contributed by atoms with Crippen molar-refractivity contribution in [2.75, 3.05) is 33.4 Å². The highest BCUT2D eigenvalue weighted by Crippen LogP contribution is 2.36. The zero-order valence-electron chi connectivity index (χ0n) is 14.5. The number of benzene rings is 1. The summed E-state index contributed by atoms with van der Waals surface area (Å²) in [6.45, 7) is 5.38. The summed E-state index contributed by atoms with van der Waals surface area (Å²) < 4.78 is 10.9. The fraction of sp³-hybridized carbons (Fsp3) is 0.611. The van der Waals surface area contributed by atoms with E-state index in [0.717, 1.165) is 25.9 Å². The minimum Gasteiger partial charge on any atom is -0.493 e. The molecule has 1 aromatic carbocycles. The van der Waals surface area contributed by atoms with Crippen LogP contribution in [0.25, 0.3) is 0 Å². The molecule has 1 aliphatic rings. The molecule has 0 spiro atoms. The summed E-state index contributed by atoms with van der Waals surface area (Å²) in [6.07, 6.45) is 4.30. The Morgan fingerprint density at radius 2 is 2.29 bits per heavy atom. The van der Waals surface area contributed by atoms with Gasteiger partial charge in [0, 0.05) is 12.1 Å². The van der Waals surface area contributed by atoms with Crippen LogP contribution in [0.2, 0.25) is 5.02 Å². The van der Waals surface area contributed by atoms with Gasteiger partial charge in [0.2, 0.25) is 0 Å². The lowest BCUT2D eigenvalue weighted by Crippen LogP contribution is -2.33. The van der Waals surface area contributed by atoms with Crippen LogP contribution in [0.15, 0.2) is 12.1 Å². The summed E-state index contributed by atoms with van der Waals surface area (Å²) in [7, 11) is 1.54. The molecule has 0 saturated carbocycles. The van der Waals surface area contributed by atoms with Crippen LogP contribution < -0.4 is 20.1 Å². The predicted molar refractivity (Wildman–Crippen MR) is 96.3 cm³/mol. The maximum atomic E-state index is 12.4. The van der Waals surface area contributed by atoms with Crippen LogP contribution >= 0.6 is 11.6 Å². The first-order chi connectivity index (χ1) is 11.7. The second-order valence-corrected chi connectivity index (χ2v) is 6.50. The number of rotatable bonds is 8. The molecule has 24 heavy (non-hydrogen) atoms. The standard InChI is InChI=1S/C18H27ClN2O3/c1-3-9-24-17-15(19)10-14(11-16(17)23-2)18(22)21-8-6-13-5-4-7-20-12-13/h10-11,13,20H,3-9,12H2,1-2H3,(H,21,22). The maximum absolute atomic E-state index is 12.4. The van der Waals surface area contributed by atoms with Crippen LogP contribution in [0.4, 0.5) is 0 Å². The van der Waals surface area contributed by atoms with Crippen molar-refractivity contribution in [3.63, 3.8) is 0 Å². The van der Waals surface area contributed by atoms with E-state index in [9.17, 15) is 4.79 Å². The van der Waals surface area contributed by atoms with Gasteiger partial charge in [0.25, 0.3) is 5.91 Å². The third-order valence-corrected chi connectivity index (χ3v) is 4.46. The van der Waals surface area contributed by atoms with E-state index in [-0.39, 0.29) is 5.91 Å². The van der Waals surface area contributed by atoms with Gasteiger partial charge in [-0.15, -0.1) is 0 Å². The van der Waals surface area contributed by atoms with Crippen molar-refractivity contribution in [1.29, 1.82) is 0 Å². The molecular weight excluding hydrogens is 328 g/mol. The number of halogens is 1. The Bertz CT molecular complexity index is 545. The third kappa shape index (κ3) is 5.28. The van der Waals surface area contributed by atoms with Gasteiger partial charge in [-0.3, -0.25) is 4.79 Å². The Hall–Kier alpha value is -1.46. The molecule has 2 N–H and O–H groups in total. The highest BCUT2D eigenvalue weighted by molar-refractivity contribution is 6.32. The van der Waals surface area contributed by atoms with Gasteiger partial charge in [-0.1, -0.05) is 18.5 Å². The lowest BCUT2D eigenvalue weighted by Gasteiger charge is -2.22. The predicted octanol–water partition coefficient (Wildman–Crippen LogP) is 3.26. The average molecular weight is 355 g/mol. The summed E-state index contributed by atoms with van der Waals surface area (Å²) in [4.78, 5) is 12.4. The Balaban J connectivity index is 1.94. The summed E-state index contributed by atoms with van der Waals surface area (Å²) >= 11 is 6.26. The summed E-state index contributed by atoms with van der Waals surface area (Å²) in [6, 6.07) is 3.31. The van der Waals surface area contributed by atoms with Gasteiger partial charge in [-0.05, 0) is 56.8 Å². The minimum absolute atomic E-state index is 0.138. The van der Waals surface area contributed by atoms with Crippen LogP contribution in [0.1, 0.15) is 43.0 Å². The molecule has 1 aliphatic heterocycles. The van der Waals surface area contributed by atoms with E-state index in [2.05, 4.69) is 10.6 Å². The zero-order chi connectivity index (χ0) is 17.4. The fourth-order valence-electron chi connectivity index (χ4n) is 2.86. The molecule has 1 atom stereocenters. The molecule has 1 heterocycles. The normalized spacial score (nSPS) is 17.4. The van der Waals surface area contributed by atoms with Crippen molar-refractivity contribution in [1.82, 2.24) is 10.6 Å². The summed E-state index contributed by atoms with van der Waals surface area (Å²) in [5.41, 5.74) is 0.488. The minimum atomic E-state index is -0.138. The van der Waals surface area contributed by atoms with Crippen LogP contribution in [-0.4, -0.2) is 39.3 Å². The lowest BCUT2D eigenvalue weighted by atomic mass is 9.96. The Morgan fingerprint density at radius 3 is 2.96 bits per heavy atom. The Morgan fingerprint density at radius 1 is 1.46 bits per heavy atom. The monoisotopic (exact) mass is 354 g/mol. The first-order valence-electron chi connectivity index (χ1n) is 8.65. The number of nitrogens with one attached hydrogen (secondary N) is 2. The molecule has 0 aliphatic carbocycles. The number of ether oxygens (including phenoxy) is 2. The van der Waals surface area contributed by atoms with Gasteiger partial charge in [-0.25, -0.2) is 0 Å². The van der Waals surface area contributed by atoms with E-state index < -0.39 is 0 Å². The van der Waals surface area contributed by atoms with Crippen LogP contribution in [0, 0.1) is 5.92 Å². The van der Waals surface area contributed by atoms with Crippen molar-refractivity contribution in [3.05, 3.63) is 22.7 Å². The van der Waals surface area contributed by atoms with Crippen molar-refractivity contribution in [2.45, 2.75) is 32.6 Å². The Kier molecular flexibility index (Phi) is 7.66. The van der Waals surface area contributed by atoms with Gasteiger partial charge in [-0.2, -0.15) is 0 Å². The third-order valence-electron chi connectivity index (χ3n) is 4.18. The maximum Gasteiger partial charge on any atom is 0.251 e. The van der Waals surface area contributed by atoms with Crippen LogP contribution in [0.3, 0.4) is 0 Å². The number of methoxy groups -OCH3 is 1. The quantitative estimate of drug-likeness (QED) is 0.752. The molecule has 1 amide bonds. The SMILES string of the molecule is CCCOc1c(Cl)cc(C(=O)NCCC2CCCNC2)cc1OC. The molecule has 1 saturated heterocycles. The Labute approximate surface area is 149 Å². The van der Waals surface area contributed by atoms with E-state index in [1.165, 1.54) is 12.8 Å². The first-order valence-corrected chi connectivity index (χ1v) is 9.02. The van der Waals surface area contributed by atoms with Crippen LogP contribution in [-0.2, 0) is 0 Å². The highest BCUT2D eigenvalue weighted by Gasteiger charge is 2.17. The number of piperidine rings is 1. The average Bonchev–Trinajstić information content (AvgIpc) is 2.60. The van der Waals surface area contributed by atoms with Gasteiger partial charge >= 0.3 is 0 Å². The van der Waals surface area contributed by atoms with E-state index in [1.54, 1.807) is 19.2 Å². The number of hydrogen-bond donors (Lipinski definition) is 2. The van der Waals surface area contributed by atoms with Crippen molar-refractivity contribution in [3.8, 4) is 11.5 Å². The molecule has 0 bridgehead atoms. The van der Waals surface area contributed by atoms with E-state index in [0.29, 0.717) is 41.2 Å². The topological polar surface area (TPSA) is 59.6 Å². The first kappa shape index (κ1) is 18.9. The van der Waals surface area contributed by atoms with Crippen LogP contribution in [0.5, 0.6) is 11.5 Å². The van der Waals surface area contributed by atoms with E-state index in [4.69, 9.17) is 21.1 Å². The second kappa shape index (κ2) is 9.74. The molecule has 1 aromatic rings. The largest absolute Gasteiger partial charge is 0.493 e. The zero-order valence-corrected chi connectivity index (χ0v) is 15.2. The lowest BCUT2D eigenvalue weighted by molar-refractivity contribution is 0.0950. The van der Waals surface area contributed by atoms with E-state index >= 15 is 0 Å². The number of carbonyl (C=O) groups excluding carboxylic acids is 1. The van der Waals surface area contributed by atoms with Crippen molar-refractivity contribution < 1.29 is 14.3 Å². The van der Waals surface area contributed by atoms with Gasteiger partial charge in [0.1, 0.15) is 0 Å². The molecule has 2 rings (SSSR count). The molecule has 1 fully saturated rings. The van der Waals surface area contributed by atoms with Crippen molar-refractivity contribution >= 4 is 17.5 Å². The fourth-order valence-corrected chi connectivity index (χ4v) is 3.12. The molecular formula is C18H27ClN2O3. The molecule has 6 heteroatoms. The highest BCUT2D eigenvalue weighted by atomic mass is 35.5. The van der Waals surface area contributed by atoms with Gasteiger partial charge in [0.05, 0.1) is 18.7 Å². The number of carbonyl (C=O) groups is 1.